The molecule has 8 rings (SSSR count). The van der Waals surface area contributed by atoms with E-state index in [2.05, 4.69) is 4.90 Å². The second-order valence-electron chi connectivity index (χ2n) is 15.7. The molecule has 0 unspecified atom stereocenters. The predicted molar refractivity (Wildman–Crippen MR) is 241 cm³/mol. The monoisotopic (exact) mass is 906 g/mol. The SMILES string of the molecule is COc1ccc(N2CC=C(c3ccc(Cl)c(Cl)c3)C2=O)cc1OCCN1CCC(F)(F)CC1.COc1ccc(N2CC=C(c3cccc(F)c3)C2=O)cc1OCCN1CCCCC1. The van der Waals surface area contributed by atoms with Gasteiger partial charge in [-0.25, -0.2) is 13.2 Å². The minimum absolute atomic E-state index is 0.128. The Labute approximate surface area is 376 Å². The number of methoxy groups -OCH3 is 2. The van der Waals surface area contributed by atoms with Crippen molar-refractivity contribution in [2.24, 2.45) is 0 Å². The number of alkyl halides is 2. The van der Waals surface area contributed by atoms with Crippen LogP contribution in [0.15, 0.2) is 91.0 Å². The van der Waals surface area contributed by atoms with Crippen LogP contribution in [0.25, 0.3) is 11.1 Å². The fraction of sp³-hybridized carbons (Fsp3) is 0.375. The second-order valence-corrected chi connectivity index (χ2v) is 16.5. The molecule has 0 radical (unpaired) electrons. The van der Waals surface area contributed by atoms with Crippen molar-refractivity contribution in [2.75, 3.05) is 89.6 Å². The minimum Gasteiger partial charge on any atom is -0.493 e. The second kappa shape index (κ2) is 21.0. The van der Waals surface area contributed by atoms with Gasteiger partial charge in [0.05, 0.1) is 24.3 Å². The maximum atomic E-state index is 13.6. The molecule has 63 heavy (non-hydrogen) atoms. The number of rotatable bonds is 14. The first-order valence-electron chi connectivity index (χ1n) is 21.1. The number of hydrogen-bond acceptors (Lipinski definition) is 8. The number of anilines is 2. The van der Waals surface area contributed by atoms with Crippen molar-refractivity contribution in [2.45, 2.75) is 38.0 Å². The Morgan fingerprint density at radius 2 is 1.13 bits per heavy atom. The molecule has 2 fully saturated rings. The highest BCUT2D eigenvalue weighted by molar-refractivity contribution is 6.42. The van der Waals surface area contributed by atoms with Crippen LogP contribution >= 0.6 is 23.2 Å². The quantitative estimate of drug-likeness (QED) is 0.124. The highest BCUT2D eigenvalue weighted by Crippen LogP contribution is 2.37. The summed E-state index contributed by atoms with van der Waals surface area (Å²) in [6.45, 7) is 6.09. The van der Waals surface area contributed by atoms with Gasteiger partial charge in [-0.15, -0.1) is 0 Å². The fourth-order valence-electron chi connectivity index (χ4n) is 7.99. The Bertz CT molecular complexity index is 2330. The van der Waals surface area contributed by atoms with Gasteiger partial charge in [-0.05, 0) is 85.6 Å². The Hall–Kier alpha value is -5.21. The third-order valence-corrected chi connectivity index (χ3v) is 12.3. The molecule has 2 amide bonds. The lowest BCUT2D eigenvalue weighted by molar-refractivity contribution is -0.113. The standard InChI is InChI=1S/C24H24Cl2F2N2O3.C24H27FN2O3/c1-32-21-5-3-17(15-22(21)33-13-12-29-10-7-24(27,28)8-11-29)30-9-6-18(23(30)31)16-2-4-19(25)20(26)14-16;1-29-22-9-8-20(17-23(22)30-15-14-26-11-3-2-4-12-26)27-13-10-21(24(27)28)18-6-5-7-19(25)16-18/h2-6,14-15H,7-13H2,1H3;5-10,16-17H,2-4,11-15H2,1H3. The number of piperidine rings is 2. The first kappa shape index (κ1) is 45.8. The lowest BCUT2D eigenvalue weighted by atomic mass is 10.1. The summed E-state index contributed by atoms with van der Waals surface area (Å²) in [6, 6.07) is 22.0. The molecule has 4 aromatic carbocycles. The summed E-state index contributed by atoms with van der Waals surface area (Å²) in [7, 11) is 3.15. The maximum absolute atomic E-state index is 13.6. The van der Waals surface area contributed by atoms with Crippen molar-refractivity contribution in [3.8, 4) is 23.0 Å². The van der Waals surface area contributed by atoms with E-state index in [4.69, 9.17) is 42.1 Å². The zero-order valence-corrected chi connectivity index (χ0v) is 36.9. The van der Waals surface area contributed by atoms with Gasteiger partial charge < -0.3 is 28.7 Å². The molecule has 4 aromatic rings. The zero-order valence-electron chi connectivity index (χ0n) is 35.4. The van der Waals surface area contributed by atoms with Gasteiger partial charge >= 0.3 is 0 Å². The molecule has 0 atom stereocenters. The molecule has 4 heterocycles. The highest BCUT2D eigenvalue weighted by Gasteiger charge is 2.34. The Morgan fingerprint density at radius 1 is 0.603 bits per heavy atom. The third-order valence-electron chi connectivity index (χ3n) is 11.6. The smallest absolute Gasteiger partial charge is 0.258 e. The molecular formula is C48H51Cl2F3N4O6. The van der Waals surface area contributed by atoms with Gasteiger partial charge in [0.25, 0.3) is 17.7 Å². The van der Waals surface area contributed by atoms with Gasteiger partial charge in [0.1, 0.15) is 19.0 Å². The van der Waals surface area contributed by atoms with Crippen LogP contribution in [0.1, 0.15) is 43.2 Å². The average molecular weight is 908 g/mol. The van der Waals surface area contributed by atoms with E-state index in [0.717, 1.165) is 25.3 Å². The number of halogens is 5. The molecule has 0 spiro atoms. The van der Waals surface area contributed by atoms with Gasteiger partial charge in [0.15, 0.2) is 23.0 Å². The lowest BCUT2D eigenvalue weighted by Crippen LogP contribution is -2.41. The van der Waals surface area contributed by atoms with E-state index < -0.39 is 5.92 Å². The highest BCUT2D eigenvalue weighted by atomic mass is 35.5. The van der Waals surface area contributed by atoms with Crippen LogP contribution in [-0.4, -0.2) is 107 Å². The van der Waals surface area contributed by atoms with Gasteiger partial charge in [-0.2, -0.15) is 0 Å². The molecule has 0 bridgehead atoms. The Kier molecular flexibility index (Phi) is 15.3. The minimum atomic E-state index is -2.57. The number of nitrogens with zero attached hydrogens (tertiary/aromatic N) is 4. The summed E-state index contributed by atoms with van der Waals surface area (Å²) >= 11 is 12.1. The number of carbonyl (C=O) groups is 2. The normalized spacial score (nSPS) is 17.8. The number of likely N-dealkylation sites (tertiary alicyclic amines) is 2. The van der Waals surface area contributed by atoms with Crippen molar-refractivity contribution >= 4 is 57.5 Å². The zero-order chi connectivity index (χ0) is 44.5. The average Bonchev–Trinajstić information content (AvgIpc) is 3.87. The molecule has 10 nitrogen and oxygen atoms in total. The number of hydrogen-bond donors (Lipinski definition) is 0. The van der Waals surface area contributed by atoms with E-state index in [9.17, 15) is 22.8 Å². The number of amides is 2. The molecule has 0 aliphatic carbocycles. The van der Waals surface area contributed by atoms with Crippen LogP contribution in [0, 0.1) is 5.82 Å². The van der Waals surface area contributed by atoms with Gasteiger partial charge in [-0.1, -0.05) is 60.0 Å². The van der Waals surface area contributed by atoms with Crippen molar-refractivity contribution in [3.63, 3.8) is 0 Å². The third kappa shape index (κ3) is 11.5. The van der Waals surface area contributed by atoms with Crippen LogP contribution in [0.2, 0.25) is 10.0 Å². The summed E-state index contributed by atoms with van der Waals surface area (Å²) < 4.78 is 63.0. The molecule has 0 saturated carbocycles. The van der Waals surface area contributed by atoms with Crippen LogP contribution in [0.5, 0.6) is 23.0 Å². The van der Waals surface area contributed by atoms with Crippen LogP contribution in [-0.2, 0) is 9.59 Å². The lowest BCUT2D eigenvalue weighted by Gasteiger charge is -2.31. The van der Waals surface area contributed by atoms with E-state index in [1.807, 2.05) is 35.3 Å². The van der Waals surface area contributed by atoms with E-state index in [1.54, 1.807) is 72.6 Å². The van der Waals surface area contributed by atoms with E-state index >= 15 is 0 Å². The van der Waals surface area contributed by atoms with Crippen molar-refractivity contribution in [1.82, 2.24) is 9.80 Å². The summed E-state index contributed by atoms with van der Waals surface area (Å²) in [5, 5.41) is 0.817. The van der Waals surface area contributed by atoms with Crippen molar-refractivity contribution < 1.29 is 41.7 Å². The fourth-order valence-corrected chi connectivity index (χ4v) is 8.29. The predicted octanol–water partition coefficient (Wildman–Crippen LogP) is 9.67. The Balaban J connectivity index is 0.000000190. The molecule has 15 heteroatoms. The summed E-state index contributed by atoms with van der Waals surface area (Å²) in [5.74, 6) is -0.929. The molecule has 2 saturated heterocycles. The van der Waals surface area contributed by atoms with E-state index in [0.29, 0.717) is 107 Å². The summed E-state index contributed by atoms with van der Waals surface area (Å²) in [6.07, 6.45) is 7.22. The van der Waals surface area contributed by atoms with E-state index in [1.165, 1.54) is 31.4 Å². The molecule has 4 aliphatic rings. The maximum Gasteiger partial charge on any atom is 0.258 e. The first-order chi connectivity index (χ1) is 30.4. The van der Waals surface area contributed by atoms with Crippen molar-refractivity contribution in [3.05, 3.63) is 118 Å². The first-order valence-corrected chi connectivity index (χ1v) is 21.9. The number of ether oxygens (including phenoxy) is 4. The molecule has 334 valence electrons. The van der Waals surface area contributed by atoms with Gasteiger partial charge in [0.2, 0.25) is 0 Å². The van der Waals surface area contributed by atoms with Crippen LogP contribution < -0.4 is 28.7 Å². The van der Waals surface area contributed by atoms with Gasteiger partial charge in [0, 0.05) is 86.8 Å². The molecule has 0 aromatic heterocycles. The summed E-state index contributed by atoms with van der Waals surface area (Å²) in [4.78, 5) is 33.7. The van der Waals surface area contributed by atoms with Gasteiger partial charge in [-0.3, -0.25) is 19.4 Å². The molecular weight excluding hydrogens is 856 g/mol. The molecule has 4 aliphatic heterocycles. The van der Waals surface area contributed by atoms with Crippen LogP contribution in [0.3, 0.4) is 0 Å². The molecule has 0 N–H and O–H groups in total. The van der Waals surface area contributed by atoms with E-state index in [-0.39, 0.29) is 30.5 Å². The van der Waals surface area contributed by atoms with Crippen molar-refractivity contribution in [1.29, 1.82) is 0 Å². The summed E-state index contributed by atoms with van der Waals surface area (Å²) in [5.41, 5.74) is 3.76. The van der Waals surface area contributed by atoms with Crippen LogP contribution in [0.4, 0.5) is 24.5 Å². The number of benzene rings is 4. The topological polar surface area (TPSA) is 84.0 Å². The number of carbonyl (C=O) groups excluding carboxylic acids is 2. The largest absolute Gasteiger partial charge is 0.493 e. The Morgan fingerprint density at radius 3 is 1.63 bits per heavy atom.